The zero-order valence-corrected chi connectivity index (χ0v) is 23.0. The van der Waals surface area contributed by atoms with Crippen LogP contribution in [0.15, 0.2) is 24.3 Å². The van der Waals surface area contributed by atoms with Gasteiger partial charge in [0.25, 0.3) is 0 Å². The lowest BCUT2D eigenvalue weighted by Gasteiger charge is -2.58. The van der Waals surface area contributed by atoms with Gasteiger partial charge in [-0.2, -0.15) is 0 Å². The molecule has 2 aliphatic carbocycles. The summed E-state index contributed by atoms with van der Waals surface area (Å²) in [7, 11) is 0. The Morgan fingerprint density at radius 1 is 1.08 bits per heavy atom. The van der Waals surface area contributed by atoms with Gasteiger partial charge in [-0.15, -0.1) is 0 Å². The average Bonchev–Trinajstić information content (AvgIpc) is 3.80. The van der Waals surface area contributed by atoms with Crippen LogP contribution in [0.2, 0.25) is 0 Å². The molecule has 12 unspecified atom stereocenters. The fourth-order valence-electron chi connectivity index (χ4n) is 7.75. The highest BCUT2D eigenvalue weighted by molar-refractivity contribution is 5.82. The highest BCUT2D eigenvalue weighted by atomic mass is 16.7. The molecule has 0 aromatic carbocycles. The number of carbonyl (C=O) groups excluding carboxylic acids is 2. The number of hydrogen-bond acceptors (Lipinski definition) is 10. The monoisotopic (exact) mass is 548 g/mol. The maximum Gasteiger partial charge on any atom is 0.335 e. The lowest BCUT2D eigenvalue weighted by Crippen LogP contribution is -2.69. The standard InChI is InChI=1S/C29H40O10/c1-16-9-12-34-18(17(2)30)7-5-6-8-21(31)37-19-13-20-29(15-36-29)27(19,4)28(14-35-25(33)22(16)32)11-10-26(3)23(39-26)24(28)38-20/h5-8,16-20,22-24,30,32H,9-15H2,1-4H3/b7-5+,8-6?. The molecule has 2 spiro atoms. The zero-order chi connectivity index (χ0) is 27.8. The second-order valence-electron chi connectivity index (χ2n) is 12.7. The van der Waals surface area contributed by atoms with E-state index in [2.05, 4.69) is 13.8 Å². The molecule has 4 aliphatic heterocycles. The molecule has 5 fully saturated rings. The fraction of sp³-hybridized carbons (Fsp3) is 0.793. The molecule has 216 valence electrons. The van der Waals surface area contributed by atoms with Gasteiger partial charge >= 0.3 is 11.9 Å². The van der Waals surface area contributed by atoms with Crippen molar-refractivity contribution in [2.45, 2.75) is 107 Å². The van der Waals surface area contributed by atoms with Crippen LogP contribution >= 0.6 is 0 Å². The first kappa shape index (κ1) is 27.4. The number of epoxide rings is 2. The number of ether oxygens (including phenoxy) is 6. The van der Waals surface area contributed by atoms with E-state index >= 15 is 0 Å². The lowest BCUT2D eigenvalue weighted by atomic mass is 9.50. The number of aliphatic hydroxyl groups is 2. The van der Waals surface area contributed by atoms with Gasteiger partial charge < -0.3 is 38.6 Å². The van der Waals surface area contributed by atoms with Crippen molar-refractivity contribution in [3.8, 4) is 0 Å². The smallest absolute Gasteiger partial charge is 0.335 e. The molecule has 0 radical (unpaired) electrons. The van der Waals surface area contributed by atoms with E-state index in [4.69, 9.17) is 28.4 Å². The van der Waals surface area contributed by atoms with Gasteiger partial charge in [-0.1, -0.05) is 32.1 Å². The summed E-state index contributed by atoms with van der Waals surface area (Å²) in [5.74, 6) is -1.63. The summed E-state index contributed by atoms with van der Waals surface area (Å²) in [5, 5.41) is 20.9. The summed E-state index contributed by atoms with van der Waals surface area (Å²) < 4.78 is 36.8. The maximum atomic E-state index is 13.2. The van der Waals surface area contributed by atoms with Gasteiger partial charge in [-0.3, -0.25) is 0 Å². The Hall–Kier alpha value is -1.82. The molecule has 12 atom stereocenters. The molecule has 2 saturated carbocycles. The summed E-state index contributed by atoms with van der Waals surface area (Å²) in [5.41, 5.74) is -2.35. The van der Waals surface area contributed by atoms with Gasteiger partial charge in [0, 0.05) is 24.5 Å². The summed E-state index contributed by atoms with van der Waals surface area (Å²) >= 11 is 0. The molecule has 6 aliphatic rings. The van der Waals surface area contributed by atoms with Crippen molar-refractivity contribution in [2.75, 3.05) is 19.8 Å². The van der Waals surface area contributed by atoms with Crippen LogP contribution in [-0.4, -0.2) is 95.9 Å². The Labute approximate surface area is 228 Å². The number of fused-ring (bicyclic) bond motifs is 2. The highest BCUT2D eigenvalue weighted by Crippen LogP contribution is 2.75. The second-order valence-corrected chi connectivity index (χ2v) is 12.7. The molecule has 4 heterocycles. The maximum absolute atomic E-state index is 13.2. The molecule has 3 saturated heterocycles. The van der Waals surface area contributed by atoms with Crippen molar-refractivity contribution in [3.05, 3.63) is 24.3 Å². The summed E-state index contributed by atoms with van der Waals surface area (Å²) in [6.07, 6.45) is 4.42. The topological polar surface area (TPSA) is 137 Å². The van der Waals surface area contributed by atoms with Gasteiger partial charge in [0.05, 0.1) is 35.9 Å². The van der Waals surface area contributed by atoms with Crippen molar-refractivity contribution in [2.24, 2.45) is 16.7 Å². The number of hydrogen-bond donors (Lipinski definition) is 2. The molecule has 0 amide bonds. The zero-order valence-electron chi connectivity index (χ0n) is 23.0. The van der Waals surface area contributed by atoms with Crippen LogP contribution in [0.1, 0.15) is 53.4 Å². The molecule has 0 aromatic heterocycles. The van der Waals surface area contributed by atoms with E-state index in [0.29, 0.717) is 25.9 Å². The number of rotatable bonds is 1. The summed E-state index contributed by atoms with van der Waals surface area (Å²) in [6, 6.07) is 0. The molecule has 39 heavy (non-hydrogen) atoms. The molecular formula is C29H40O10. The van der Waals surface area contributed by atoms with Crippen molar-refractivity contribution in [3.63, 3.8) is 0 Å². The third kappa shape index (κ3) is 4.05. The van der Waals surface area contributed by atoms with E-state index < -0.39 is 58.7 Å². The Kier molecular flexibility index (Phi) is 6.56. The van der Waals surface area contributed by atoms with Crippen LogP contribution < -0.4 is 0 Å². The van der Waals surface area contributed by atoms with Gasteiger partial charge in [-0.05, 0) is 39.0 Å². The molecule has 2 N–H and O–H groups in total. The minimum Gasteiger partial charge on any atom is -0.463 e. The number of aliphatic hydroxyl groups excluding tert-OH is 2. The van der Waals surface area contributed by atoms with E-state index in [9.17, 15) is 19.8 Å². The molecule has 0 aromatic rings. The van der Waals surface area contributed by atoms with E-state index in [1.54, 1.807) is 32.1 Å². The van der Waals surface area contributed by atoms with Crippen molar-refractivity contribution in [1.82, 2.24) is 0 Å². The number of carbonyl (C=O) groups is 2. The molecule has 6 rings (SSSR count). The van der Waals surface area contributed by atoms with Crippen LogP contribution in [0.4, 0.5) is 0 Å². The van der Waals surface area contributed by atoms with Crippen molar-refractivity contribution in [1.29, 1.82) is 0 Å². The van der Waals surface area contributed by atoms with Crippen LogP contribution in [0.25, 0.3) is 0 Å². The first-order valence-corrected chi connectivity index (χ1v) is 14.1. The van der Waals surface area contributed by atoms with Gasteiger partial charge in [-0.25, -0.2) is 9.59 Å². The normalized spacial score (nSPS) is 52.9. The fourth-order valence-corrected chi connectivity index (χ4v) is 7.75. The van der Waals surface area contributed by atoms with E-state index in [1.807, 2.05) is 0 Å². The minimum atomic E-state index is -1.34. The first-order chi connectivity index (χ1) is 18.5. The Bertz CT molecular complexity index is 1070. The molecule has 10 heteroatoms. The SMILES string of the molecule is CC(O)C1/C=C/C=CC(=O)OC2CC3OC4C5OC5(C)CCC4(COC(=O)C(O)C(C)CCO1)C2(C)C31CO1. The van der Waals surface area contributed by atoms with Crippen molar-refractivity contribution >= 4 is 11.9 Å². The van der Waals surface area contributed by atoms with E-state index in [1.165, 1.54) is 6.08 Å². The number of esters is 2. The van der Waals surface area contributed by atoms with E-state index in [-0.39, 0.29) is 37.1 Å². The average molecular weight is 549 g/mol. The van der Waals surface area contributed by atoms with Gasteiger partial charge in [0.15, 0.2) is 6.10 Å². The van der Waals surface area contributed by atoms with Crippen LogP contribution in [0.3, 0.4) is 0 Å². The third-order valence-corrected chi connectivity index (χ3v) is 10.6. The number of allylic oxidation sites excluding steroid dienone is 2. The largest absolute Gasteiger partial charge is 0.463 e. The highest BCUT2D eigenvalue weighted by Gasteiger charge is 2.86. The predicted molar refractivity (Wildman–Crippen MR) is 135 cm³/mol. The predicted octanol–water partition coefficient (Wildman–Crippen LogP) is 1.60. The second kappa shape index (κ2) is 9.36. The third-order valence-electron chi connectivity index (χ3n) is 10.6. The van der Waals surface area contributed by atoms with Gasteiger partial charge in [0.2, 0.25) is 0 Å². The summed E-state index contributed by atoms with van der Waals surface area (Å²) in [4.78, 5) is 26.2. The van der Waals surface area contributed by atoms with E-state index in [0.717, 1.165) is 6.42 Å². The Morgan fingerprint density at radius 2 is 1.85 bits per heavy atom. The van der Waals surface area contributed by atoms with Crippen LogP contribution in [-0.2, 0) is 38.0 Å². The molecular weight excluding hydrogens is 508 g/mol. The van der Waals surface area contributed by atoms with Crippen LogP contribution in [0.5, 0.6) is 0 Å². The van der Waals surface area contributed by atoms with Gasteiger partial charge in [0.1, 0.15) is 30.5 Å². The number of cyclic esters (lactones) is 1. The Balaban J connectivity index is 1.36. The van der Waals surface area contributed by atoms with Crippen molar-refractivity contribution < 1.29 is 48.2 Å². The van der Waals surface area contributed by atoms with Crippen LogP contribution in [0, 0.1) is 16.7 Å². The first-order valence-electron chi connectivity index (χ1n) is 14.1. The lowest BCUT2D eigenvalue weighted by molar-refractivity contribution is -0.252. The molecule has 10 nitrogen and oxygen atoms in total. The minimum absolute atomic E-state index is 0.00220. The molecule has 2 bridgehead atoms. The Morgan fingerprint density at radius 3 is 2.56 bits per heavy atom. The quantitative estimate of drug-likeness (QED) is 0.367. The summed E-state index contributed by atoms with van der Waals surface area (Å²) in [6.45, 7) is 8.23.